The fourth-order valence-corrected chi connectivity index (χ4v) is 2.81. The third-order valence-corrected chi connectivity index (χ3v) is 3.96. The lowest BCUT2D eigenvalue weighted by Crippen LogP contribution is -2.29. The Labute approximate surface area is 126 Å². The summed E-state index contributed by atoms with van der Waals surface area (Å²) in [6, 6.07) is 7.78. The number of hydrogen-bond acceptors (Lipinski definition) is 3. The molecule has 0 radical (unpaired) electrons. The molecule has 0 aliphatic carbocycles. The molecule has 1 amide bonds. The molecule has 1 saturated heterocycles. The number of carbonyl (C=O) groups is 1. The van der Waals surface area contributed by atoms with Crippen molar-refractivity contribution in [1.82, 2.24) is 10.2 Å². The van der Waals surface area contributed by atoms with Crippen molar-refractivity contribution in [3.05, 3.63) is 35.9 Å². The van der Waals surface area contributed by atoms with Crippen LogP contribution in [0.2, 0.25) is 0 Å². The summed E-state index contributed by atoms with van der Waals surface area (Å²) in [4.78, 5) is 14.3. The number of ether oxygens (including phenoxy) is 1. The van der Waals surface area contributed by atoms with E-state index in [1.165, 1.54) is 0 Å². The Morgan fingerprint density at radius 3 is 2.95 bits per heavy atom. The SMILES string of the molecule is CNCC1CCN(C(=O)/C=C(\C)c2ccccc2OC)C1. The summed E-state index contributed by atoms with van der Waals surface area (Å²) in [7, 11) is 3.60. The molecule has 1 unspecified atom stereocenters. The van der Waals surface area contributed by atoms with Crippen LogP contribution in [-0.4, -0.2) is 44.6 Å². The number of likely N-dealkylation sites (tertiary alicyclic amines) is 1. The molecule has 1 heterocycles. The molecule has 1 aliphatic rings. The number of methoxy groups -OCH3 is 1. The molecular weight excluding hydrogens is 264 g/mol. The Kier molecular flexibility index (Phi) is 5.39. The van der Waals surface area contributed by atoms with Crippen molar-refractivity contribution in [2.24, 2.45) is 5.92 Å². The van der Waals surface area contributed by atoms with Gasteiger partial charge in [-0.1, -0.05) is 18.2 Å². The van der Waals surface area contributed by atoms with Gasteiger partial charge in [0.05, 0.1) is 7.11 Å². The second-order valence-corrected chi connectivity index (χ2v) is 5.52. The van der Waals surface area contributed by atoms with Gasteiger partial charge in [-0.2, -0.15) is 0 Å². The summed E-state index contributed by atoms with van der Waals surface area (Å²) in [5.41, 5.74) is 1.91. The van der Waals surface area contributed by atoms with Crippen molar-refractivity contribution < 1.29 is 9.53 Å². The molecule has 0 bridgehead atoms. The number of para-hydroxylation sites is 1. The van der Waals surface area contributed by atoms with Gasteiger partial charge in [0, 0.05) is 24.7 Å². The second-order valence-electron chi connectivity index (χ2n) is 5.52. The number of benzene rings is 1. The lowest BCUT2D eigenvalue weighted by atomic mass is 10.1. The summed E-state index contributed by atoms with van der Waals surface area (Å²) >= 11 is 0. The smallest absolute Gasteiger partial charge is 0.246 e. The average Bonchev–Trinajstić information content (AvgIpc) is 2.96. The first kappa shape index (κ1) is 15.6. The molecule has 0 aromatic heterocycles. The van der Waals surface area contributed by atoms with Crippen molar-refractivity contribution in [2.75, 3.05) is 33.8 Å². The van der Waals surface area contributed by atoms with Gasteiger partial charge in [0.15, 0.2) is 0 Å². The number of nitrogens with one attached hydrogen (secondary N) is 1. The van der Waals surface area contributed by atoms with E-state index in [9.17, 15) is 4.79 Å². The van der Waals surface area contributed by atoms with Crippen LogP contribution in [0.1, 0.15) is 18.9 Å². The molecule has 0 spiro atoms. The number of nitrogens with zero attached hydrogens (tertiary/aromatic N) is 1. The molecule has 1 fully saturated rings. The number of rotatable bonds is 5. The average molecular weight is 288 g/mol. The molecule has 1 N–H and O–H groups in total. The van der Waals surface area contributed by atoms with E-state index in [2.05, 4.69) is 5.32 Å². The van der Waals surface area contributed by atoms with Gasteiger partial charge < -0.3 is 15.0 Å². The van der Waals surface area contributed by atoms with Gasteiger partial charge in [-0.05, 0) is 44.5 Å². The van der Waals surface area contributed by atoms with Crippen molar-refractivity contribution in [3.63, 3.8) is 0 Å². The predicted octanol–water partition coefficient (Wildman–Crippen LogP) is 2.17. The normalized spacial score (nSPS) is 18.9. The highest BCUT2D eigenvalue weighted by atomic mass is 16.5. The molecule has 2 rings (SSSR count). The molecule has 21 heavy (non-hydrogen) atoms. The third kappa shape index (κ3) is 3.85. The fraction of sp³-hybridized carbons (Fsp3) is 0.471. The van der Waals surface area contributed by atoms with Crippen LogP contribution in [0, 0.1) is 5.92 Å². The first-order chi connectivity index (χ1) is 10.2. The molecule has 1 aliphatic heterocycles. The lowest BCUT2D eigenvalue weighted by molar-refractivity contribution is -0.125. The molecule has 114 valence electrons. The zero-order chi connectivity index (χ0) is 15.2. The first-order valence-corrected chi connectivity index (χ1v) is 7.41. The van der Waals surface area contributed by atoms with E-state index in [-0.39, 0.29) is 5.91 Å². The summed E-state index contributed by atoms with van der Waals surface area (Å²) in [6.45, 7) is 4.62. The van der Waals surface area contributed by atoms with Gasteiger partial charge in [-0.3, -0.25) is 4.79 Å². The molecule has 1 aromatic carbocycles. The molecule has 1 aromatic rings. The second kappa shape index (κ2) is 7.27. The van der Waals surface area contributed by atoms with E-state index < -0.39 is 0 Å². The molecular formula is C17H24N2O2. The maximum Gasteiger partial charge on any atom is 0.246 e. The number of carbonyl (C=O) groups excluding carboxylic acids is 1. The van der Waals surface area contributed by atoms with E-state index in [4.69, 9.17) is 4.74 Å². The highest BCUT2D eigenvalue weighted by Gasteiger charge is 2.24. The standard InChI is InChI=1S/C17H24N2O2/c1-13(15-6-4-5-7-16(15)21-3)10-17(20)19-9-8-14(12-19)11-18-2/h4-7,10,14,18H,8-9,11-12H2,1-3H3/b13-10+. The largest absolute Gasteiger partial charge is 0.496 e. The molecule has 4 nitrogen and oxygen atoms in total. The Hall–Kier alpha value is -1.81. The fourth-order valence-electron chi connectivity index (χ4n) is 2.81. The topological polar surface area (TPSA) is 41.6 Å². The summed E-state index contributed by atoms with van der Waals surface area (Å²) in [5.74, 6) is 1.46. The maximum atomic E-state index is 12.4. The van der Waals surface area contributed by atoms with Crippen LogP contribution in [0.15, 0.2) is 30.3 Å². The van der Waals surface area contributed by atoms with Gasteiger partial charge in [0.2, 0.25) is 5.91 Å². The van der Waals surface area contributed by atoms with E-state index in [0.717, 1.165) is 42.9 Å². The molecule has 1 atom stereocenters. The van der Waals surface area contributed by atoms with E-state index in [1.54, 1.807) is 13.2 Å². The maximum absolute atomic E-state index is 12.4. The van der Waals surface area contributed by atoms with Crippen molar-refractivity contribution in [3.8, 4) is 5.75 Å². The Morgan fingerprint density at radius 1 is 1.48 bits per heavy atom. The molecule has 4 heteroatoms. The highest BCUT2D eigenvalue weighted by molar-refractivity contribution is 5.95. The van der Waals surface area contributed by atoms with Crippen LogP contribution in [0.4, 0.5) is 0 Å². The Morgan fingerprint density at radius 2 is 2.24 bits per heavy atom. The van der Waals surface area contributed by atoms with Crippen molar-refractivity contribution in [1.29, 1.82) is 0 Å². The molecule has 0 saturated carbocycles. The van der Waals surface area contributed by atoms with Crippen LogP contribution in [0.3, 0.4) is 0 Å². The number of hydrogen-bond donors (Lipinski definition) is 1. The first-order valence-electron chi connectivity index (χ1n) is 7.41. The van der Waals surface area contributed by atoms with Crippen LogP contribution < -0.4 is 10.1 Å². The van der Waals surface area contributed by atoms with E-state index in [0.29, 0.717) is 5.92 Å². The Bertz CT molecular complexity index is 525. The zero-order valence-corrected chi connectivity index (χ0v) is 13.1. The van der Waals surface area contributed by atoms with Crippen molar-refractivity contribution >= 4 is 11.5 Å². The van der Waals surface area contributed by atoms with Gasteiger partial charge in [-0.25, -0.2) is 0 Å². The highest BCUT2D eigenvalue weighted by Crippen LogP contribution is 2.25. The monoisotopic (exact) mass is 288 g/mol. The van der Waals surface area contributed by atoms with Crippen LogP contribution in [0.5, 0.6) is 5.75 Å². The summed E-state index contributed by atoms with van der Waals surface area (Å²) in [6.07, 6.45) is 2.80. The number of amides is 1. The lowest BCUT2D eigenvalue weighted by Gasteiger charge is -2.15. The van der Waals surface area contributed by atoms with Gasteiger partial charge in [-0.15, -0.1) is 0 Å². The Balaban J connectivity index is 2.07. The summed E-state index contributed by atoms with van der Waals surface area (Å²) in [5, 5.41) is 3.18. The number of allylic oxidation sites excluding steroid dienone is 1. The minimum Gasteiger partial charge on any atom is -0.496 e. The van der Waals surface area contributed by atoms with E-state index >= 15 is 0 Å². The van der Waals surface area contributed by atoms with Gasteiger partial charge >= 0.3 is 0 Å². The summed E-state index contributed by atoms with van der Waals surface area (Å²) < 4.78 is 5.35. The van der Waals surface area contributed by atoms with Gasteiger partial charge in [0.25, 0.3) is 0 Å². The zero-order valence-electron chi connectivity index (χ0n) is 13.1. The van der Waals surface area contributed by atoms with Crippen LogP contribution >= 0.6 is 0 Å². The van der Waals surface area contributed by atoms with Crippen LogP contribution in [0.25, 0.3) is 5.57 Å². The third-order valence-electron chi connectivity index (χ3n) is 3.96. The van der Waals surface area contributed by atoms with Crippen LogP contribution in [-0.2, 0) is 4.79 Å². The van der Waals surface area contributed by atoms with Crippen molar-refractivity contribution in [2.45, 2.75) is 13.3 Å². The predicted molar refractivity (Wildman–Crippen MR) is 85.3 cm³/mol. The minimum atomic E-state index is 0.0945. The minimum absolute atomic E-state index is 0.0945. The quantitative estimate of drug-likeness (QED) is 0.844. The van der Waals surface area contributed by atoms with Gasteiger partial charge in [0.1, 0.15) is 5.75 Å². The van der Waals surface area contributed by atoms with E-state index in [1.807, 2.05) is 43.1 Å².